The molecular formula is C18H21F2N3O. The SMILES string of the molecule is OC(CN1CCN(Cc2cccnc2)CC1)c1ccc(F)c(F)c1. The van der Waals surface area contributed by atoms with E-state index in [1.165, 1.54) is 11.6 Å². The van der Waals surface area contributed by atoms with Gasteiger partial charge in [0.25, 0.3) is 0 Å². The lowest BCUT2D eigenvalue weighted by Crippen LogP contribution is -2.47. The van der Waals surface area contributed by atoms with Crippen molar-refractivity contribution in [1.82, 2.24) is 14.8 Å². The molecule has 1 aromatic heterocycles. The van der Waals surface area contributed by atoms with E-state index in [1.54, 1.807) is 6.20 Å². The normalized spacial score (nSPS) is 17.8. The van der Waals surface area contributed by atoms with Gasteiger partial charge in [-0.2, -0.15) is 0 Å². The smallest absolute Gasteiger partial charge is 0.159 e. The number of hydrogen-bond acceptors (Lipinski definition) is 4. The lowest BCUT2D eigenvalue weighted by molar-refractivity contribution is 0.0699. The predicted octanol–water partition coefficient (Wildman–Crippen LogP) is 2.21. The van der Waals surface area contributed by atoms with Gasteiger partial charge >= 0.3 is 0 Å². The number of aromatic nitrogens is 1. The summed E-state index contributed by atoms with van der Waals surface area (Å²) in [6.45, 7) is 4.76. The van der Waals surface area contributed by atoms with Crippen LogP contribution in [0.4, 0.5) is 8.78 Å². The summed E-state index contributed by atoms with van der Waals surface area (Å²) in [5.74, 6) is -1.82. The summed E-state index contributed by atoms with van der Waals surface area (Å²) in [6, 6.07) is 7.55. The molecule has 2 aromatic rings. The molecule has 1 unspecified atom stereocenters. The van der Waals surface area contributed by atoms with Crippen molar-refractivity contribution in [3.63, 3.8) is 0 Å². The molecule has 0 radical (unpaired) electrons. The third-order valence-corrected chi connectivity index (χ3v) is 4.35. The maximum Gasteiger partial charge on any atom is 0.159 e. The van der Waals surface area contributed by atoms with E-state index in [0.29, 0.717) is 12.1 Å². The lowest BCUT2D eigenvalue weighted by Gasteiger charge is -2.35. The van der Waals surface area contributed by atoms with Gasteiger partial charge in [-0.1, -0.05) is 12.1 Å². The van der Waals surface area contributed by atoms with Crippen LogP contribution in [0.25, 0.3) is 0 Å². The van der Waals surface area contributed by atoms with Crippen molar-refractivity contribution < 1.29 is 13.9 Å². The molecule has 1 fully saturated rings. The molecule has 1 atom stereocenters. The minimum absolute atomic E-state index is 0.409. The molecule has 0 amide bonds. The number of nitrogens with zero attached hydrogens (tertiary/aromatic N) is 3. The van der Waals surface area contributed by atoms with Gasteiger partial charge < -0.3 is 5.11 Å². The Kier molecular flexibility index (Phi) is 5.50. The van der Waals surface area contributed by atoms with Crippen molar-refractivity contribution in [1.29, 1.82) is 0 Å². The molecule has 0 aliphatic carbocycles. The summed E-state index contributed by atoms with van der Waals surface area (Å²) in [7, 11) is 0. The third-order valence-electron chi connectivity index (χ3n) is 4.35. The van der Waals surface area contributed by atoms with Crippen molar-refractivity contribution >= 4 is 0 Å². The van der Waals surface area contributed by atoms with Gasteiger partial charge in [-0.15, -0.1) is 0 Å². The summed E-state index contributed by atoms with van der Waals surface area (Å²) in [6.07, 6.45) is 2.82. The zero-order valence-electron chi connectivity index (χ0n) is 13.4. The van der Waals surface area contributed by atoms with Gasteiger partial charge in [0.05, 0.1) is 6.10 Å². The quantitative estimate of drug-likeness (QED) is 0.911. The summed E-state index contributed by atoms with van der Waals surface area (Å²) >= 11 is 0. The van der Waals surface area contributed by atoms with Crippen molar-refractivity contribution in [2.75, 3.05) is 32.7 Å². The zero-order chi connectivity index (χ0) is 16.9. The van der Waals surface area contributed by atoms with Crippen molar-refractivity contribution in [2.45, 2.75) is 12.6 Å². The molecule has 0 bridgehead atoms. The second-order valence-corrected chi connectivity index (χ2v) is 6.13. The topological polar surface area (TPSA) is 39.6 Å². The lowest BCUT2D eigenvalue weighted by atomic mass is 10.1. The average Bonchev–Trinajstić information content (AvgIpc) is 2.60. The van der Waals surface area contributed by atoms with Crippen LogP contribution in [0.3, 0.4) is 0 Å². The Morgan fingerprint density at radius 2 is 1.79 bits per heavy atom. The highest BCUT2D eigenvalue weighted by atomic mass is 19.2. The van der Waals surface area contributed by atoms with E-state index < -0.39 is 17.7 Å². The van der Waals surface area contributed by atoms with Crippen LogP contribution >= 0.6 is 0 Å². The molecular weight excluding hydrogens is 312 g/mol. The summed E-state index contributed by atoms with van der Waals surface area (Å²) in [5.41, 5.74) is 1.60. The van der Waals surface area contributed by atoms with Gasteiger partial charge in [-0.3, -0.25) is 14.8 Å². The molecule has 0 saturated carbocycles. The summed E-state index contributed by atoms with van der Waals surface area (Å²) < 4.78 is 26.2. The first-order valence-electron chi connectivity index (χ1n) is 8.08. The predicted molar refractivity (Wildman–Crippen MR) is 87.3 cm³/mol. The maximum absolute atomic E-state index is 13.3. The van der Waals surface area contributed by atoms with Gasteiger partial charge in [0, 0.05) is 51.7 Å². The van der Waals surface area contributed by atoms with Gasteiger partial charge in [0.15, 0.2) is 11.6 Å². The minimum Gasteiger partial charge on any atom is -0.387 e. The van der Waals surface area contributed by atoms with Crippen LogP contribution < -0.4 is 0 Å². The highest BCUT2D eigenvalue weighted by Gasteiger charge is 2.20. The van der Waals surface area contributed by atoms with Crippen LogP contribution in [-0.2, 0) is 6.54 Å². The van der Waals surface area contributed by atoms with Crippen molar-refractivity contribution in [3.8, 4) is 0 Å². The Hall–Kier alpha value is -1.89. The molecule has 3 rings (SSSR count). The second kappa shape index (κ2) is 7.79. The first-order chi connectivity index (χ1) is 11.6. The van der Waals surface area contributed by atoms with E-state index in [4.69, 9.17) is 0 Å². The number of halogens is 2. The van der Waals surface area contributed by atoms with E-state index in [-0.39, 0.29) is 0 Å². The van der Waals surface area contributed by atoms with E-state index in [9.17, 15) is 13.9 Å². The van der Waals surface area contributed by atoms with Gasteiger partial charge in [0.1, 0.15) is 0 Å². The van der Waals surface area contributed by atoms with E-state index in [1.807, 2.05) is 12.3 Å². The third kappa shape index (κ3) is 4.35. The van der Waals surface area contributed by atoms with E-state index in [0.717, 1.165) is 44.9 Å². The Morgan fingerprint density at radius 1 is 1.04 bits per heavy atom. The highest BCUT2D eigenvalue weighted by molar-refractivity contribution is 5.20. The number of benzene rings is 1. The Morgan fingerprint density at radius 3 is 2.46 bits per heavy atom. The van der Waals surface area contributed by atoms with Crippen LogP contribution in [0.2, 0.25) is 0 Å². The molecule has 1 saturated heterocycles. The number of pyridine rings is 1. The molecule has 24 heavy (non-hydrogen) atoms. The number of hydrogen-bond donors (Lipinski definition) is 1. The first kappa shape index (κ1) is 17.0. The van der Waals surface area contributed by atoms with Gasteiger partial charge in [0.2, 0.25) is 0 Å². The fraction of sp³-hybridized carbons (Fsp3) is 0.389. The fourth-order valence-corrected chi connectivity index (χ4v) is 2.95. The molecule has 128 valence electrons. The minimum atomic E-state index is -0.923. The van der Waals surface area contributed by atoms with Crippen molar-refractivity contribution in [3.05, 3.63) is 65.5 Å². The molecule has 1 N–H and O–H groups in total. The molecule has 1 aromatic carbocycles. The molecule has 1 aliphatic rings. The van der Waals surface area contributed by atoms with E-state index in [2.05, 4.69) is 20.9 Å². The Labute approximate surface area is 140 Å². The number of aliphatic hydroxyl groups excluding tert-OH is 1. The van der Waals surface area contributed by atoms with Crippen LogP contribution in [0, 0.1) is 11.6 Å². The number of β-amino-alcohol motifs (C(OH)–C–C–N with tert-alkyl or cyclic N) is 1. The molecule has 4 nitrogen and oxygen atoms in total. The highest BCUT2D eigenvalue weighted by Crippen LogP contribution is 2.18. The molecule has 2 heterocycles. The molecule has 1 aliphatic heterocycles. The molecule has 6 heteroatoms. The standard InChI is InChI=1S/C18H21F2N3O/c19-16-4-3-15(10-17(16)20)18(24)13-23-8-6-22(7-9-23)12-14-2-1-5-21-11-14/h1-5,10-11,18,24H,6-9,12-13H2. The number of aliphatic hydroxyl groups is 1. The maximum atomic E-state index is 13.3. The monoisotopic (exact) mass is 333 g/mol. The average molecular weight is 333 g/mol. The number of piperazine rings is 1. The van der Waals surface area contributed by atoms with Crippen LogP contribution in [0.5, 0.6) is 0 Å². The number of rotatable bonds is 5. The van der Waals surface area contributed by atoms with E-state index >= 15 is 0 Å². The van der Waals surface area contributed by atoms with Gasteiger partial charge in [-0.25, -0.2) is 8.78 Å². The van der Waals surface area contributed by atoms with Crippen LogP contribution in [-0.4, -0.2) is 52.6 Å². The largest absolute Gasteiger partial charge is 0.387 e. The Balaban J connectivity index is 1.49. The molecule has 0 spiro atoms. The first-order valence-corrected chi connectivity index (χ1v) is 8.08. The van der Waals surface area contributed by atoms with Crippen LogP contribution in [0.1, 0.15) is 17.2 Å². The second-order valence-electron chi connectivity index (χ2n) is 6.13. The fourth-order valence-electron chi connectivity index (χ4n) is 2.95. The zero-order valence-corrected chi connectivity index (χ0v) is 13.4. The summed E-state index contributed by atoms with van der Waals surface area (Å²) in [4.78, 5) is 8.61. The van der Waals surface area contributed by atoms with Crippen LogP contribution in [0.15, 0.2) is 42.7 Å². The van der Waals surface area contributed by atoms with Crippen molar-refractivity contribution in [2.24, 2.45) is 0 Å². The Bertz CT molecular complexity index is 661. The summed E-state index contributed by atoms with van der Waals surface area (Å²) in [5, 5.41) is 10.2. The van der Waals surface area contributed by atoms with Gasteiger partial charge in [-0.05, 0) is 29.3 Å².